The predicted molar refractivity (Wildman–Crippen MR) is 75.9 cm³/mol. The molecule has 20 heavy (non-hydrogen) atoms. The second-order valence-electron chi connectivity index (χ2n) is 4.03. The summed E-state index contributed by atoms with van der Waals surface area (Å²) in [5.41, 5.74) is 2.00. The number of hydrogen-bond donors (Lipinski definition) is 1. The summed E-state index contributed by atoms with van der Waals surface area (Å²) in [6.07, 6.45) is 0. The third kappa shape index (κ3) is 4.94. The lowest BCUT2D eigenvalue weighted by atomic mass is 10.2. The summed E-state index contributed by atoms with van der Waals surface area (Å²) in [6.45, 7) is 1.92. The molecule has 0 atom stereocenters. The van der Waals surface area contributed by atoms with Gasteiger partial charge in [0.25, 0.3) is 0 Å². The van der Waals surface area contributed by atoms with Gasteiger partial charge in [-0.15, -0.1) is 0 Å². The van der Waals surface area contributed by atoms with Crippen LogP contribution in [0.1, 0.15) is 26.3 Å². The average molecular weight is 272 g/mol. The third-order valence-electron chi connectivity index (χ3n) is 2.49. The molecule has 0 amide bonds. The molecule has 2 rings (SSSR count). The molecule has 0 saturated carbocycles. The smallest absolute Gasteiger partial charge is 0.337 e. The largest absolute Gasteiger partial charge is 0.478 e. The van der Waals surface area contributed by atoms with Crippen molar-refractivity contribution in [3.8, 4) is 0 Å². The molecule has 0 radical (unpaired) electrons. The van der Waals surface area contributed by atoms with E-state index < -0.39 is 5.97 Å². The van der Waals surface area contributed by atoms with E-state index in [9.17, 15) is 9.59 Å². The summed E-state index contributed by atoms with van der Waals surface area (Å²) >= 11 is 0. The van der Waals surface area contributed by atoms with Crippen LogP contribution in [0, 0.1) is 6.92 Å². The van der Waals surface area contributed by atoms with Crippen LogP contribution in [0.3, 0.4) is 0 Å². The Kier molecular flexibility index (Phi) is 5.97. The van der Waals surface area contributed by atoms with E-state index in [1.165, 1.54) is 7.11 Å². The molecule has 0 heterocycles. The fourth-order valence-corrected chi connectivity index (χ4v) is 1.39. The quantitative estimate of drug-likeness (QED) is 0.853. The average Bonchev–Trinajstić information content (AvgIpc) is 2.48. The number of aryl methyl sites for hydroxylation is 1. The van der Waals surface area contributed by atoms with Gasteiger partial charge in [0.2, 0.25) is 0 Å². The molecule has 0 fully saturated rings. The topological polar surface area (TPSA) is 63.6 Å². The van der Waals surface area contributed by atoms with Crippen molar-refractivity contribution in [2.75, 3.05) is 7.11 Å². The maximum Gasteiger partial charge on any atom is 0.337 e. The summed E-state index contributed by atoms with van der Waals surface area (Å²) in [7, 11) is 1.37. The van der Waals surface area contributed by atoms with Crippen LogP contribution in [0.4, 0.5) is 0 Å². The molecule has 4 nitrogen and oxygen atoms in total. The number of carbonyl (C=O) groups excluding carboxylic acids is 1. The van der Waals surface area contributed by atoms with E-state index in [4.69, 9.17) is 5.11 Å². The highest BCUT2D eigenvalue weighted by Gasteiger charge is 2.00. The monoisotopic (exact) mass is 272 g/mol. The van der Waals surface area contributed by atoms with Crippen LogP contribution in [-0.4, -0.2) is 24.2 Å². The highest BCUT2D eigenvalue weighted by Crippen LogP contribution is 2.01. The van der Waals surface area contributed by atoms with Crippen molar-refractivity contribution >= 4 is 11.9 Å². The second kappa shape index (κ2) is 7.74. The number of ether oxygens (including phenoxy) is 1. The Morgan fingerprint density at radius 1 is 0.900 bits per heavy atom. The zero-order chi connectivity index (χ0) is 15.0. The summed E-state index contributed by atoms with van der Waals surface area (Å²) in [6, 6.07) is 15.6. The minimum absolute atomic E-state index is 0.291. The number of methoxy groups -OCH3 is 1. The summed E-state index contributed by atoms with van der Waals surface area (Å²) in [5, 5.41) is 8.48. The Bertz CT molecular complexity index is 559. The van der Waals surface area contributed by atoms with E-state index in [0.717, 1.165) is 5.56 Å². The standard InChI is InChI=1S/2C8H8O2/c1-6-2-4-7(5-3-6)8(9)10;1-10-8(9)7-5-3-2-4-6-7/h2-5H,1H3,(H,9,10);2-6H,1H3. The van der Waals surface area contributed by atoms with Gasteiger partial charge in [0.15, 0.2) is 0 Å². The van der Waals surface area contributed by atoms with Gasteiger partial charge in [0.1, 0.15) is 0 Å². The van der Waals surface area contributed by atoms with E-state index in [0.29, 0.717) is 11.1 Å². The summed E-state index contributed by atoms with van der Waals surface area (Å²) in [4.78, 5) is 21.1. The zero-order valence-corrected chi connectivity index (χ0v) is 11.4. The fraction of sp³-hybridized carbons (Fsp3) is 0.125. The first-order valence-electron chi connectivity index (χ1n) is 5.98. The molecule has 0 aromatic heterocycles. The lowest BCUT2D eigenvalue weighted by molar-refractivity contribution is 0.0600. The van der Waals surface area contributed by atoms with Gasteiger partial charge in [-0.1, -0.05) is 35.9 Å². The molecule has 0 aliphatic rings. The lowest BCUT2D eigenvalue weighted by Gasteiger charge is -1.95. The molecule has 1 N–H and O–H groups in total. The number of rotatable bonds is 2. The normalized spacial score (nSPS) is 9.10. The molecular weight excluding hydrogens is 256 g/mol. The van der Waals surface area contributed by atoms with E-state index in [-0.39, 0.29) is 5.97 Å². The highest BCUT2D eigenvalue weighted by atomic mass is 16.5. The Labute approximate surface area is 117 Å². The molecule has 0 unspecified atom stereocenters. The zero-order valence-electron chi connectivity index (χ0n) is 11.4. The van der Waals surface area contributed by atoms with Crippen LogP contribution in [0.5, 0.6) is 0 Å². The Morgan fingerprint density at radius 2 is 1.45 bits per heavy atom. The Balaban J connectivity index is 0.000000200. The van der Waals surface area contributed by atoms with Crippen LogP contribution in [0.15, 0.2) is 54.6 Å². The van der Waals surface area contributed by atoms with Gasteiger partial charge in [-0.2, -0.15) is 0 Å². The molecule has 0 aliphatic heterocycles. The molecule has 0 aliphatic carbocycles. The number of carboxylic acids is 1. The fourth-order valence-electron chi connectivity index (χ4n) is 1.39. The van der Waals surface area contributed by atoms with Gasteiger partial charge in [-0.05, 0) is 31.2 Å². The molecule has 0 bridgehead atoms. The predicted octanol–water partition coefficient (Wildman–Crippen LogP) is 3.17. The minimum atomic E-state index is -0.875. The Morgan fingerprint density at radius 3 is 1.90 bits per heavy atom. The maximum atomic E-state index is 10.8. The first kappa shape index (κ1) is 15.4. The van der Waals surface area contributed by atoms with Crippen LogP contribution in [-0.2, 0) is 4.74 Å². The van der Waals surface area contributed by atoms with Crippen LogP contribution in [0.2, 0.25) is 0 Å². The van der Waals surface area contributed by atoms with E-state index >= 15 is 0 Å². The van der Waals surface area contributed by atoms with E-state index in [1.54, 1.807) is 48.5 Å². The molecular formula is C16H16O4. The van der Waals surface area contributed by atoms with Gasteiger partial charge in [0, 0.05) is 0 Å². The van der Waals surface area contributed by atoms with Gasteiger partial charge in [-0.3, -0.25) is 0 Å². The van der Waals surface area contributed by atoms with Gasteiger partial charge < -0.3 is 9.84 Å². The second-order valence-corrected chi connectivity index (χ2v) is 4.03. The van der Waals surface area contributed by atoms with Gasteiger partial charge in [-0.25, -0.2) is 9.59 Å². The van der Waals surface area contributed by atoms with Crippen molar-refractivity contribution in [3.05, 3.63) is 71.3 Å². The first-order valence-corrected chi connectivity index (χ1v) is 5.98. The van der Waals surface area contributed by atoms with Gasteiger partial charge >= 0.3 is 11.9 Å². The van der Waals surface area contributed by atoms with Crippen molar-refractivity contribution < 1.29 is 19.4 Å². The summed E-state index contributed by atoms with van der Waals surface area (Å²) in [5.74, 6) is -1.17. The number of carboxylic acid groups (broad SMARTS) is 1. The van der Waals surface area contributed by atoms with E-state index in [1.807, 2.05) is 13.0 Å². The van der Waals surface area contributed by atoms with E-state index in [2.05, 4.69) is 4.74 Å². The number of aromatic carboxylic acids is 1. The number of esters is 1. The van der Waals surface area contributed by atoms with Crippen molar-refractivity contribution in [1.29, 1.82) is 0 Å². The van der Waals surface area contributed by atoms with Crippen LogP contribution in [0.25, 0.3) is 0 Å². The highest BCUT2D eigenvalue weighted by molar-refractivity contribution is 5.89. The number of carbonyl (C=O) groups is 2. The Hall–Kier alpha value is -2.62. The molecule has 2 aromatic rings. The molecule has 0 saturated heterocycles. The minimum Gasteiger partial charge on any atom is -0.478 e. The molecule has 0 spiro atoms. The number of benzene rings is 2. The van der Waals surface area contributed by atoms with Crippen LogP contribution >= 0.6 is 0 Å². The lowest BCUT2D eigenvalue weighted by Crippen LogP contribution is -1.99. The number of hydrogen-bond acceptors (Lipinski definition) is 3. The van der Waals surface area contributed by atoms with Crippen molar-refractivity contribution in [3.63, 3.8) is 0 Å². The molecule has 2 aromatic carbocycles. The molecule has 104 valence electrons. The molecule has 4 heteroatoms. The van der Waals surface area contributed by atoms with Gasteiger partial charge in [0.05, 0.1) is 18.2 Å². The van der Waals surface area contributed by atoms with Crippen LogP contribution < -0.4 is 0 Å². The SMILES string of the molecule is COC(=O)c1ccccc1.Cc1ccc(C(=O)O)cc1. The first-order chi connectivity index (χ1) is 9.54. The third-order valence-corrected chi connectivity index (χ3v) is 2.49. The maximum absolute atomic E-state index is 10.8. The van der Waals surface area contributed by atoms with Crippen molar-refractivity contribution in [1.82, 2.24) is 0 Å². The van der Waals surface area contributed by atoms with Crippen molar-refractivity contribution in [2.45, 2.75) is 6.92 Å². The summed E-state index contributed by atoms with van der Waals surface area (Å²) < 4.78 is 4.50. The van der Waals surface area contributed by atoms with Crippen molar-refractivity contribution in [2.24, 2.45) is 0 Å².